The monoisotopic (exact) mass is 228 g/mol. The van der Waals surface area contributed by atoms with Gasteiger partial charge in [-0.3, -0.25) is 4.90 Å². The van der Waals surface area contributed by atoms with Crippen LogP contribution in [0.2, 0.25) is 0 Å². The summed E-state index contributed by atoms with van der Waals surface area (Å²) in [7, 11) is 0. The fraction of sp³-hybridized carbons (Fsp3) is 1.00. The van der Waals surface area contributed by atoms with Gasteiger partial charge in [0.1, 0.15) is 0 Å². The molecule has 3 nitrogen and oxygen atoms in total. The third kappa shape index (κ3) is 4.81. The molecule has 1 aliphatic rings. The maximum Gasteiger partial charge on any atom is 0.0714 e. The molecule has 0 radical (unpaired) electrons. The standard InChI is InChI=1S/C13H28N2O/c1-11(2)4-5-12(3)15-8-9-16-13(10-15)6-7-14/h11-13H,4-10,14H2,1-3H3. The molecule has 3 heteroatoms. The zero-order valence-electron chi connectivity index (χ0n) is 11.1. The number of rotatable bonds is 6. The van der Waals surface area contributed by atoms with Crippen molar-refractivity contribution < 1.29 is 4.74 Å². The van der Waals surface area contributed by atoms with E-state index in [1.54, 1.807) is 0 Å². The Morgan fingerprint density at radius 3 is 2.69 bits per heavy atom. The molecule has 1 fully saturated rings. The van der Waals surface area contributed by atoms with E-state index in [-0.39, 0.29) is 0 Å². The smallest absolute Gasteiger partial charge is 0.0714 e. The molecule has 0 aromatic heterocycles. The molecule has 2 atom stereocenters. The lowest BCUT2D eigenvalue weighted by Gasteiger charge is -2.37. The maximum atomic E-state index is 5.70. The molecule has 0 spiro atoms. The lowest BCUT2D eigenvalue weighted by Crippen LogP contribution is -2.47. The van der Waals surface area contributed by atoms with Crippen LogP contribution in [-0.4, -0.2) is 43.3 Å². The van der Waals surface area contributed by atoms with Crippen molar-refractivity contribution in [3.63, 3.8) is 0 Å². The summed E-state index contributed by atoms with van der Waals surface area (Å²) in [5.41, 5.74) is 5.58. The van der Waals surface area contributed by atoms with Crippen LogP contribution in [0.5, 0.6) is 0 Å². The van der Waals surface area contributed by atoms with Crippen LogP contribution in [-0.2, 0) is 4.74 Å². The van der Waals surface area contributed by atoms with Gasteiger partial charge in [0.25, 0.3) is 0 Å². The number of ether oxygens (including phenoxy) is 1. The van der Waals surface area contributed by atoms with Gasteiger partial charge in [-0.25, -0.2) is 0 Å². The van der Waals surface area contributed by atoms with E-state index in [4.69, 9.17) is 10.5 Å². The number of hydrogen-bond acceptors (Lipinski definition) is 3. The Morgan fingerprint density at radius 1 is 1.31 bits per heavy atom. The number of nitrogens with zero attached hydrogens (tertiary/aromatic N) is 1. The molecule has 2 N–H and O–H groups in total. The maximum absolute atomic E-state index is 5.70. The van der Waals surface area contributed by atoms with Crippen molar-refractivity contribution in [1.29, 1.82) is 0 Å². The summed E-state index contributed by atoms with van der Waals surface area (Å²) in [4.78, 5) is 2.56. The predicted molar refractivity (Wildman–Crippen MR) is 68.5 cm³/mol. The number of nitrogens with two attached hydrogens (primary N) is 1. The van der Waals surface area contributed by atoms with Gasteiger partial charge in [-0.15, -0.1) is 0 Å². The van der Waals surface area contributed by atoms with E-state index in [1.165, 1.54) is 12.8 Å². The molecule has 1 saturated heterocycles. The first-order valence-electron chi connectivity index (χ1n) is 6.69. The van der Waals surface area contributed by atoms with Crippen molar-refractivity contribution in [2.45, 2.75) is 52.2 Å². The summed E-state index contributed by atoms with van der Waals surface area (Å²) in [5, 5.41) is 0. The van der Waals surface area contributed by atoms with E-state index in [0.29, 0.717) is 12.1 Å². The minimum Gasteiger partial charge on any atom is -0.376 e. The second-order valence-corrected chi connectivity index (χ2v) is 5.39. The van der Waals surface area contributed by atoms with Crippen LogP contribution >= 0.6 is 0 Å². The van der Waals surface area contributed by atoms with Gasteiger partial charge >= 0.3 is 0 Å². The molecule has 0 saturated carbocycles. The van der Waals surface area contributed by atoms with Crippen LogP contribution in [0.4, 0.5) is 0 Å². The highest BCUT2D eigenvalue weighted by Gasteiger charge is 2.23. The quantitative estimate of drug-likeness (QED) is 0.754. The van der Waals surface area contributed by atoms with Crippen LogP contribution in [0.1, 0.15) is 40.0 Å². The van der Waals surface area contributed by atoms with Gasteiger partial charge in [0, 0.05) is 19.1 Å². The molecule has 1 heterocycles. The van der Waals surface area contributed by atoms with E-state index in [2.05, 4.69) is 25.7 Å². The zero-order valence-corrected chi connectivity index (χ0v) is 11.1. The van der Waals surface area contributed by atoms with Gasteiger partial charge in [-0.1, -0.05) is 13.8 Å². The Morgan fingerprint density at radius 2 is 2.06 bits per heavy atom. The lowest BCUT2D eigenvalue weighted by molar-refractivity contribution is -0.0444. The molecular formula is C13H28N2O. The number of hydrogen-bond donors (Lipinski definition) is 1. The molecule has 1 aliphatic heterocycles. The molecule has 2 unspecified atom stereocenters. The average Bonchev–Trinajstić information content (AvgIpc) is 2.26. The van der Waals surface area contributed by atoms with Gasteiger partial charge < -0.3 is 10.5 Å². The highest BCUT2D eigenvalue weighted by atomic mass is 16.5. The van der Waals surface area contributed by atoms with E-state index in [1.807, 2.05) is 0 Å². The van der Waals surface area contributed by atoms with Gasteiger partial charge in [0.2, 0.25) is 0 Å². The molecule has 0 amide bonds. The molecule has 0 aromatic rings. The van der Waals surface area contributed by atoms with Crippen molar-refractivity contribution in [3.8, 4) is 0 Å². The number of morpholine rings is 1. The molecule has 0 bridgehead atoms. The van der Waals surface area contributed by atoms with Crippen molar-refractivity contribution in [3.05, 3.63) is 0 Å². The van der Waals surface area contributed by atoms with Crippen LogP contribution in [0.15, 0.2) is 0 Å². The summed E-state index contributed by atoms with van der Waals surface area (Å²) in [5.74, 6) is 0.809. The lowest BCUT2D eigenvalue weighted by atomic mass is 10.0. The third-order valence-corrected chi connectivity index (χ3v) is 3.44. The van der Waals surface area contributed by atoms with E-state index < -0.39 is 0 Å². The van der Waals surface area contributed by atoms with Crippen molar-refractivity contribution in [1.82, 2.24) is 4.90 Å². The zero-order chi connectivity index (χ0) is 12.0. The van der Waals surface area contributed by atoms with E-state index in [9.17, 15) is 0 Å². The minimum atomic E-state index is 0.361. The van der Waals surface area contributed by atoms with Crippen molar-refractivity contribution in [2.75, 3.05) is 26.2 Å². The Labute approximate surface area is 100 Å². The summed E-state index contributed by atoms with van der Waals surface area (Å²) in [6.07, 6.45) is 3.97. The Balaban J connectivity index is 2.28. The SMILES string of the molecule is CC(C)CCC(C)N1CCOC(CCN)C1. The van der Waals surface area contributed by atoms with Crippen LogP contribution < -0.4 is 5.73 Å². The minimum absolute atomic E-state index is 0.361. The van der Waals surface area contributed by atoms with Gasteiger partial charge in [0.05, 0.1) is 12.7 Å². The summed E-state index contributed by atoms with van der Waals surface area (Å²) >= 11 is 0. The van der Waals surface area contributed by atoms with Crippen molar-refractivity contribution >= 4 is 0 Å². The molecule has 0 aliphatic carbocycles. The van der Waals surface area contributed by atoms with E-state index >= 15 is 0 Å². The van der Waals surface area contributed by atoms with Crippen LogP contribution in [0.25, 0.3) is 0 Å². The highest BCUT2D eigenvalue weighted by molar-refractivity contribution is 4.76. The van der Waals surface area contributed by atoms with Gasteiger partial charge in [-0.2, -0.15) is 0 Å². The highest BCUT2D eigenvalue weighted by Crippen LogP contribution is 2.16. The first kappa shape index (κ1) is 13.9. The first-order valence-corrected chi connectivity index (χ1v) is 6.69. The molecule has 96 valence electrons. The summed E-state index contributed by atoms with van der Waals surface area (Å²) in [6, 6.07) is 0.687. The van der Waals surface area contributed by atoms with Gasteiger partial charge in [-0.05, 0) is 38.6 Å². The first-order chi connectivity index (χ1) is 7.63. The molecule has 16 heavy (non-hydrogen) atoms. The Bertz CT molecular complexity index is 183. The largest absolute Gasteiger partial charge is 0.376 e. The van der Waals surface area contributed by atoms with Gasteiger partial charge in [0.15, 0.2) is 0 Å². The van der Waals surface area contributed by atoms with Crippen LogP contribution in [0.3, 0.4) is 0 Å². The molecular weight excluding hydrogens is 200 g/mol. The molecule has 0 aromatic carbocycles. The second kappa shape index (κ2) is 7.25. The predicted octanol–water partition coefficient (Wildman–Crippen LogP) is 1.86. The third-order valence-electron chi connectivity index (χ3n) is 3.44. The fourth-order valence-corrected chi connectivity index (χ4v) is 2.26. The second-order valence-electron chi connectivity index (χ2n) is 5.39. The normalized spacial score (nSPS) is 24.9. The van der Waals surface area contributed by atoms with E-state index in [0.717, 1.165) is 38.6 Å². The summed E-state index contributed by atoms with van der Waals surface area (Å²) in [6.45, 7) is 10.7. The topological polar surface area (TPSA) is 38.5 Å². The summed E-state index contributed by atoms with van der Waals surface area (Å²) < 4.78 is 5.70. The Hall–Kier alpha value is -0.120. The Kier molecular flexibility index (Phi) is 6.32. The van der Waals surface area contributed by atoms with Crippen LogP contribution in [0, 0.1) is 5.92 Å². The van der Waals surface area contributed by atoms with Crippen molar-refractivity contribution in [2.24, 2.45) is 11.7 Å². The molecule has 1 rings (SSSR count). The average molecular weight is 228 g/mol. The fourth-order valence-electron chi connectivity index (χ4n) is 2.26.